The number of ether oxygens (including phenoxy) is 1. The van der Waals surface area contributed by atoms with E-state index in [1.54, 1.807) is 12.4 Å². The van der Waals surface area contributed by atoms with Gasteiger partial charge < -0.3 is 10.1 Å². The Kier molecular flexibility index (Phi) is 6.78. The Morgan fingerprint density at radius 1 is 0.824 bits per heavy atom. The molecule has 1 saturated heterocycles. The Morgan fingerprint density at radius 2 is 1.56 bits per heavy atom. The molecule has 4 aromatic rings. The van der Waals surface area contributed by atoms with Gasteiger partial charge in [0.1, 0.15) is 23.2 Å². The van der Waals surface area contributed by atoms with Crippen LogP contribution in [-0.2, 0) is 17.7 Å². The van der Waals surface area contributed by atoms with Crippen LogP contribution in [0.2, 0.25) is 0 Å². The van der Waals surface area contributed by atoms with Crippen molar-refractivity contribution < 1.29 is 4.74 Å². The summed E-state index contributed by atoms with van der Waals surface area (Å²) in [4.78, 5) is 25.0. The monoisotopic (exact) mass is 453 g/mol. The van der Waals surface area contributed by atoms with Crippen LogP contribution in [0.1, 0.15) is 22.6 Å². The molecule has 8 heteroatoms. The summed E-state index contributed by atoms with van der Waals surface area (Å²) in [6.07, 6.45) is 4.15. The zero-order valence-electron chi connectivity index (χ0n) is 19.2. The molecular weight excluding hydrogens is 426 g/mol. The van der Waals surface area contributed by atoms with E-state index < -0.39 is 0 Å². The lowest BCUT2D eigenvalue weighted by atomic mass is 10.1. The summed E-state index contributed by atoms with van der Waals surface area (Å²) in [5.74, 6) is 2.67. The van der Waals surface area contributed by atoms with Crippen LogP contribution in [0.5, 0.6) is 0 Å². The van der Waals surface area contributed by atoms with Crippen molar-refractivity contribution in [2.45, 2.75) is 19.9 Å². The second kappa shape index (κ2) is 10.5. The molecule has 4 heterocycles. The minimum absolute atomic E-state index is 0.570. The third-order valence-corrected chi connectivity index (χ3v) is 5.63. The van der Waals surface area contributed by atoms with Crippen molar-refractivity contribution >= 4 is 11.6 Å². The summed E-state index contributed by atoms with van der Waals surface area (Å²) in [7, 11) is 0. The first-order valence-electron chi connectivity index (χ1n) is 11.5. The van der Waals surface area contributed by atoms with Crippen molar-refractivity contribution in [3.8, 4) is 11.5 Å². The smallest absolute Gasteiger partial charge is 0.180 e. The fourth-order valence-electron chi connectivity index (χ4n) is 3.87. The van der Waals surface area contributed by atoms with Gasteiger partial charge in [0, 0.05) is 44.1 Å². The molecule has 0 aliphatic carbocycles. The number of hydrogen-bond acceptors (Lipinski definition) is 8. The Labute approximate surface area is 199 Å². The first-order valence-corrected chi connectivity index (χ1v) is 11.5. The van der Waals surface area contributed by atoms with E-state index in [1.807, 2.05) is 37.3 Å². The van der Waals surface area contributed by atoms with Crippen LogP contribution in [-0.4, -0.2) is 56.1 Å². The van der Waals surface area contributed by atoms with E-state index in [1.165, 1.54) is 11.1 Å². The number of aromatic nitrogens is 5. The van der Waals surface area contributed by atoms with Gasteiger partial charge in [-0.3, -0.25) is 4.90 Å². The minimum Gasteiger partial charge on any atom is -0.379 e. The lowest BCUT2D eigenvalue weighted by Gasteiger charge is -2.26. The van der Waals surface area contributed by atoms with E-state index in [2.05, 4.69) is 59.4 Å². The Bertz CT molecular complexity index is 1240. The zero-order chi connectivity index (χ0) is 23.2. The van der Waals surface area contributed by atoms with Crippen molar-refractivity contribution in [2.24, 2.45) is 0 Å². The molecular formula is C26H27N7O. The predicted octanol–water partition coefficient (Wildman–Crippen LogP) is 3.80. The summed E-state index contributed by atoms with van der Waals surface area (Å²) in [5, 5.41) is 3.26. The van der Waals surface area contributed by atoms with Crippen molar-refractivity contribution in [2.75, 3.05) is 31.6 Å². The average molecular weight is 454 g/mol. The number of rotatable bonds is 7. The van der Waals surface area contributed by atoms with Gasteiger partial charge in [-0.1, -0.05) is 30.3 Å². The number of hydrogen-bond donors (Lipinski definition) is 1. The topological polar surface area (TPSA) is 89.0 Å². The molecule has 0 saturated carbocycles. The SMILES string of the molecule is Cc1cccc(-c2nccc(Nc3ccnc(Cc4ccc(CN5CCOCC5)cc4)n3)n2)n1. The molecule has 34 heavy (non-hydrogen) atoms. The van der Waals surface area contributed by atoms with Gasteiger partial charge >= 0.3 is 0 Å². The van der Waals surface area contributed by atoms with E-state index in [0.29, 0.717) is 23.9 Å². The number of anilines is 2. The lowest BCUT2D eigenvalue weighted by Crippen LogP contribution is -2.35. The first-order chi connectivity index (χ1) is 16.7. The lowest BCUT2D eigenvalue weighted by molar-refractivity contribution is 0.0342. The van der Waals surface area contributed by atoms with Crippen molar-refractivity contribution in [3.63, 3.8) is 0 Å². The zero-order valence-corrected chi connectivity index (χ0v) is 19.2. The van der Waals surface area contributed by atoms with Crippen molar-refractivity contribution in [1.82, 2.24) is 29.8 Å². The van der Waals surface area contributed by atoms with Gasteiger partial charge in [0.15, 0.2) is 5.82 Å². The van der Waals surface area contributed by atoms with Gasteiger partial charge in [0.05, 0.1) is 13.2 Å². The molecule has 1 aromatic carbocycles. The van der Waals surface area contributed by atoms with Gasteiger partial charge in [0.25, 0.3) is 0 Å². The second-order valence-electron chi connectivity index (χ2n) is 8.29. The maximum atomic E-state index is 5.43. The van der Waals surface area contributed by atoms with Crippen LogP contribution in [0.25, 0.3) is 11.5 Å². The number of pyridine rings is 1. The number of benzene rings is 1. The highest BCUT2D eigenvalue weighted by Crippen LogP contribution is 2.18. The summed E-state index contributed by atoms with van der Waals surface area (Å²) in [6.45, 7) is 6.53. The number of morpholine rings is 1. The highest BCUT2D eigenvalue weighted by atomic mass is 16.5. The van der Waals surface area contributed by atoms with E-state index in [-0.39, 0.29) is 0 Å². The Hall–Kier alpha value is -3.75. The number of nitrogens with one attached hydrogen (secondary N) is 1. The average Bonchev–Trinajstić information content (AvgIpc) is 2.86. The highest BCUT2D eigenvalue weighted by Gasteiger charge is 2.11. The minimum atomic E-state index is 0.570. The van der Waals surface area contributed by atoms with Gasteiger partial charge in [-0.2, -0.15) is 0 Å². The van der Waals surface area contributed by atoms with Crippen LogP contribution in [0, 0.1) is 6.92 Å². The van der Waals surface area contributed by atoms with E-state index in [0.717, 1.165) is 50.1 Å². The number of nitrogens with zero attached hydrogens (tertiary/aromatic N) is 6. The maximum absolute atomic E-state index is 5.43. The largest absolute Gasteiger partial charge is 0.379 e. The van der Waals surface area contributed by atoms with Gasteiger partial charge in [-0.15, -0.1) is 0 Å². The fourth-order valence-corrected chi connectivity index (χ4v) is 3.87. The van der Waals surface area contributed by atoms with Crippen molar-refractivity contribution in [1.29, 1.82) is 0 Å². The predicted molar refractivity (Wildman–Crippen MR) is 131 cm³/mol. The standard InChI is InChI=1S/C26H27N7O/c1-19-3-2-4-22(29-19)26-28-12-10-24(32-26)30-23-9-11-27-25(31-23)17-20-5-7-21(8-6-20)18-33-13-15-34-16-14-33/h2-12H,13-18H2,1H3,(H,27,28,30,31,32). The van der Waals surface area contributed by atoms with Crippen LogP contribution in [0.4, 0.5) is 11.6 Å². The van der Waals surface area contributed by atoms with E-state index in [9.17, 15) is 0 Å². The third-order valence-electron chi connectivity index (χ3n) is 5.63. The first kappa shape index (κ1) is 22.1. The normalized spacial score (nSPS) is 14.1. The molecule has 172 valence electrons. The Balaban J connectivity index is 1.24. The summed E-state index contributed by atoms with van der Waals surface area (Å²) < 4.78 is 5.43. The molecule has 0 amide bonds. The van der Waals surface area contributed by atoms with E-state index in [4.69, 9.17) is 4.74 Å². The van der Waals surface area contributed by atoms with Crippen LogP contribution in [0.3, 0.4) is 0 Å². The summed E-state index contributed by atoms with van der Waals surface area (Å²) in [5.41, 5.74) is 4.15. The van der Waals surface area contributed by atoms with Crippen molar-refractivity contribution in [3.05, 3.63) is 89.6 Å². The molecule has 3 aromatic heterocycles. The molecule has 0 spiro atoms. The van der Waals surface area contributed by atoms with Crippen LogP contribution >= 0.6 is 0 Å². The molecule has 0 bridgehead atoms. The maximum Gasteiger partial charge on any atom is 0.180 e. The summed E-state index contributed by atoms with van der Waals surface area (Å²) in [6, 6.07) is 18.1. The van der Waals surface area contributed by atoms with Crippen LogP contribution in [0.15, 0.2) is 67.0 Å². The molecule has 1 aliphatic rings. The van der Waals surface area contributed by atoms with Gasteiger partial charge in [-0.25, -0.2) is 24.9 Å². The molecule has 0 radical (unpaired) electrons. The molecule has 1 N–H and O–H groups in total. The molecule has 8 nitrogen and oxygen atoms in total. The summed E-state index contributed by atoms with van der Waals surface area (Å²) >= 11 is 0. The molecule has 0 atom stereocenters. The van der Waals surface area contributed by atoms with Gasteiger partial charge in [-0.05, 0) is 42.3 Å². The molecule has 0 unspecified atom stereocenters. The molecule has 5 rings (SSSR count). The third kappa shape index (κ3) is 5.78. The second-order valence-corrected chi connectivity index (χ2v) is 8.29. The molecule has 1 fully saturated rings. The van der Waals surface area contributed by atoms with Crippen LogP contribution < -0.4 is 5.32 Å². The van der Waals surface area contributed by atoms with E-state index >= 15 is 0 Å². The quantitative estimate of drug-likeness (QED) is 0.452. The van der Waals surface area contributed by atoms with Gasteiger partial charge in [0.2, 0.25) is 0 Å². The fraction of sp³-hybridized carbons (Fsp3) is 0.269. The molecule has 1 aliphatic heterocycles. The Morgan fingerprint density at radius 3 is 2.35 bits per heavy atom. The number of aryl methyl sites for hydroxylation is 1. The highest BCUT2D eigenvalue weighted by molar-refractivity contribution is 5.56.